The fourth-order valence-electron chi connectivity index (χ4n) is 4.37. The van der Waals surface area contributed by atoms with Crippen LogP contribution in [0.3, 0.4) is 0 Å². The number of hydrogen-bond donors (Lipinski definition) is 2. The summed E-state index contributed by atoms with van der Waals surface area (Å²) in [5.74, 6) is 0.456. The molecule has 2 aromatic heterocycles. The Balaban J connectivity index is 1.50. The van der Waals surface area contributed by atoms with Crippen molar-refractivity contribution >= 4 is 22.9 Å². The van der Waals surface area contributed by atoms with Gasteiger partial charge in [-0.25, -0.2) is 9.50 Å². The minimum Gasteiger partial charge on any atom is -0.490 e. The molecule has 0 aliphatic carbocycles. The van der Waals surface area contributed by atoms with Gasteiger partial charge >= 0.3 is 0 Å². The van der Waals surface area contributed by atoms with Gasteiger partial charge < -0.3 is 20.1 Å². The Morgan fingerprint density at radius 1 is 1.38 bits per heavy atom. The van der Waals surface area contributed by atoms with Crippen molar-refractivity contribution in [3.63, 3.8) is 0 Å². The molecule has 0 spiro atoms. The minimum atomic E-state index is -0.965. The molecule has 164 valence electrons. The number of benzene rings is 1. The summed E-state index contributed by atoms with van der Waals surface area (Å²) in [6, 6.07) is 7.91. The molecule has 1 amide bonds. The summed E-state index contributed by atoms with van der Waals surface area (Å²) in [5.41, 5.74) is 2.21. The maximum absolute atomic E-state index is 13.2. The number of carbonyl (C=O) groups is 1. The summed E-state index contributed by atoms with van der Waals surface area (Å²) >= 11 is 0. The second-order valence-electron chi connectivity index (χ2n) is 8.73. The lowest BCUT2D eigenvalue weighted by Gasteiger charge is -2.35. The minimum absolute atomic E-state index is 0.0538. The zero-order chi connectivity index (χ0) is 22.3. The van der Waals surface area contributed by atoms with Crippen molar-refractivity contribution in [1.82, 2.24) is 14.6 Å². The van der Waals surface area contributed by atoms with Crippen molar-refractivity contribution in [2.75, 3.05) is 29.9 Å². The maximum atomic E-state index is 13.2. The Bertz CT molecular complexity index is 1220. The predicted molar refractivity (Wildman–Crippen MR) is 118 cm³/mol. The Morgan fingerprint density at radius 2 is 2.19 bits per heavy atom. The van der Waals surface area contributed by atoms with Gasteiger partial charge in [0.15, 0.2) is 5.65 Å². The Hall–Kier alpha value is -3.64. The topological polar surface area (TPSA) is 116 Å². The van der Waals surface area contributed by atoms with E-state index in [4.69, 9.17) is 4.74 Å². The zero-order valence-electron chi connectivity index (χ0n) is 17.8. The van der Waals surface area contributed by atoms with Gasteiger partial charge in [-0.15, -0.1) is 0 Å². The van der Waals surface area contributed by atoms with Crippen molar-refractivity contribution < 1.29 is 14.6 Å². The van der Waals surface area contributed by atoms with E-state index in [1.165, 1.54) is 6.20 Å². The first-order chi connectivity index (χ1) is 15.4. The van der Waals surface area contributed by atoms with Crippen LogP contribution in [0.15, 0.2) is 36.8 Å². The normalized spacial score (nSPS) is 21.0. The van der Waals surface area contributed by atoms with E-state index in [-0.39, 0.29) is 18.4 Å². The van der Waals surface area contributed by atoms with E-state index in [0.29, 0.717) is 29.1 Å². The van der Waals surface area contributed by atoms with Crippen LogP contribution in [0.1, 0.15) is 35.7 Å². The lowest BCUT2D eigenvalue weighted by Crippen LogP contribution is -2.39. The van der Waals surface area contributed by atoms with E-state index in [0.717, 1.165) is 37.2 Å². The number of aromatic nitrogens is 3. The van der Waals surface area contributed by atoms with Gasteiger partial charge in [-0.05, 0) is 37.5 Å². The third-order valence-corrected chi connectivity index (χ3v) is 6.08. The van der Waals surface area contributed by atoms with Crippen LogP contribution < -0.4 is 15.0 Å². The van der Waals surface area contributed by atoms with Gasteiger partial charge in [0, 0.05) is 43.9 Å². The highest BCUT2D eigenvalue weighted by atomic mass is 16.5. The van der Waals surface area contributed by atoms with Crippen LogP contribution in [0.5, 0.6) is 5.75 Å². The number of carbonyl (C=O) groups excluding carboxylic acids is 1. The summed E-state index contributed by atoms with van der Waals surface area (Å²) in [4.78, 5) is 19.6. The largest absolute Gasteiger partial charge is 0.490 e. The van der Waals surface area contributed by atoms with Crippen molar-refractivity contribution in [3.05, 3.63) is 47.9 Å². The molecule has 0 unspecified atom stereocenters. The van der Waals surface area contributed by atoms with Crippen LogP contribution in [0, 0.1) is 17.2 Å². The van der Waals surface area contributed by atoms with Crippen LogP contribution in [0.25, 0.3) is 5.65 Å². The van der Waals surface area contributed by atoms with Gasteiger partial charge in [0.05, 0.1) is 29.2 Å². The molecule has 9 heteroatoms. The van der Waals surface area contributed by atoms with Crippen molar-refractivity contribution in [2.45, 2.75) is 31.8 Å². The number of anilines is 2. The van der Waals surface area contributed by atoms with E-state index in [1.807, 2.05) is 12.1 Å². The second-order valence-corrected chi connectivity index (χ2v) is 8.73. The lowest BCUT2D eigenvalue weighted by atomic mass is 9.92. The van der Waals surface area contributed by atoms with E-state index >= 15 is 0 Å². The van der Waals surface area contributed by atoms with Crippen molar-refractivity contribution in [2.24, 2.45) is 5.92 Å². The molecule has 0 bridgehead atoms. The standard InChI is InChI=1S/C23H24N6O3/c1-23(31)11-16-9-18(27-22(30)17-13-26-29-6-2-5-25-21(17)29)19(10-20(16)32-14-23)28-7-3-15(12-24)4-8-28/h2,5-6,9-10,13,15,31H,3-4,7-8,11,14H2,1H3,(H,27,30)/t23-/m1/s1. The molecule has 32 heavy (non-hydrogen) atoms. The summed E-state index contributed by atoms with van der Waals surface area (Å²) in [5, 5.41) is 26.9. The summed E-state index contributed by atoms with van der Waals surface area (Å²) in [6.07, 6.45) is 6.84. The van der Waals surface area contributed by atoms with Crippen molar-refractivity contribution in [1.29, 1.82) is 5.26 Å². The molecule has 9 nitrogen and oxygen atoms in total. The number of nitriles is 1. The van der Waals surface area contributed by atoms with Gasteiger partial charge in [0.2, 0.25) is 0 Å². The van der Waals surface area contributed by atoms with E-state index in [1.54, 1.807) is 29.9 Å². The summed E-state index contributed by atoms with van der Waals surface area (Å²) < 4.78 is 7.39. The SMILES string of the molecule is C[C@]1(O)COc2cc(N3CCC(C#N)CC3)c(NC(=O)c3cnn4cccnc34)cc2C1. The summed E-state index contributed by atoms with van der Waals surface area (Å²) in [6.45, 7) is 3.39. The molecular weight excluding hydrogens is 408 g/mol. The average Bonchev–Trinajstić information content (AvgIpc) is 3.22. The van der Waals surface area contributed by atoms with Crippen LogP contribution in [-0.4, -0.2) is 50.9 Å². The van der Waals surface area contributed by atoms with Crippen LogP contribution in [-0.2, 0) is 6.42 Å². The molecule has 0 radical (unpaired) electrons. The predicted octanol–water partition coefficient (Wildman–Crippen LogP) is 2.41. The monoisotopic (exact) mass is 432 g/mol. The molecule has 5 rings (SSSR count). The molecule has 2 aliphatic heterocycles. The number of fused-ring (bicyclic) bond motifs is 2. The smallest absolute Gasteiger partial charge is 0.261 e. The summed E-state index contributed by atoms with van der Waals surface area (Å²) in [7, 11) is 0. The molecule has 1 atom stereocenters. The highest BCUT2D eigenvalue weighted by Gasteiger charge is 2.31. The Morgan fingerprint density at radius 3 is 2.97 bits per heavy atom. The quantitative estimate of drug-likeness (QED) is 0.653. The fourth-order valence-corrected chi connectivity index (χ4v) is 4.37. The van der Waals surface area contributed by atoms with Gasteiger partial charge in [-0.2, -0.15) is 10.4 Å². The van der Waals surface area contributed by atoms with Gasteiger partial charge in [0.25, 0.3) is 5.91 Å². The maximum Gasteiger partial charge on any atom is 0.261 e. The number of ether oxygens (including phenoxy) is 1. The molecule has 1 fully saturated rings. The Labute approximate surface area is 185 Å². The number of hydrogen-bond acceptors (Lipinski definition) is 7. The molecular formula is C23H24N6O3. The number of amides is 1. The fraction of sp³-hybridized carbons (Fsp3) is 0.391. The third kappa shape index (κ3) is 3.74. The molecule has 2 N–H and O–H groups in total. The van der Waals surface area contributed by atoms with E-state index in [9.17, 15) is 15.2 Å². The number of aliphatic hydroxyl groups is 1. The van der Waals surface area contributed by atoms with E-state index < -0.39 is 5.60 Å². The van der Waals surface area contributed by atoms with Gasteiger partial charge in [0.1, 0.15) is 17.9 Å². The number of piperidine rings is 1. The van der Waals surface area contributed by atoms with Gasteiger partial charge in [-0.3, -0.25) is 4.79 Å². The zero-order valence-corrected chi connectivity index (χ0v) is 17.8. The van der Waals surface area contributed by atoms with Crippen LogP contribution in [0.4, 0.5) is 11.4 Å². The highest BCUT2D eigenvalue weighted by molar-refractivity contribution is 6.09. The molecule has 3 aromatic rings. The number of rotatable bonds is 3. The van der Waals surface area contributed by atoms with Gasteiger partial charge in [-0.1, -0.05) is 0 Å². The molecule has 0 saturated carbocycles. The molecule has 1 saturated heterocycles. The Kier molecular flexibility index (Phi) is 4.94. The van der Waals surface area contributed by atoms with Crippen LogP contribution >= 0.6 is 0 Å². The molecule has 4 heterocycles. The molecule has 1 aromatic carbocycles. The lowest BCUT2D eigenvalue weighted by molar-refractivity contribution is -0.000561. The second kappa shape index (κ2) is 7.80. The van der Waals surface area contributed by atoms with E-state index in [2.05, 4.69) is 26.4 Å². The first kappa shape index (κ1) is 20.3. The first-order valence-electron chi connectivity index (χ1n) is 10.7. The van der Waals surface area contributed by atoms with Crippen molar-refractivity contribution in [3.8, 4) is 11.8 Å². The number of nitrogens with zero attached hydrogens (tertiary/aromatic N) is 5. The third-order valence-electron chi connectivity index (χ3n) is 6.08. The average molecular weight is 432 g/mol. The first-order valence-corrected chi connectivity index (χ1v) is 10.7. The number of nitrogens with one attached hydrogen (secondary N) is 1. The van der Waals surface area contributed by atoms with Crippen LogP contribution in [0.2, 0.25) is 0 Å². The highest BCUT2D eigenvalue weighted by Crippen LogP contribution is 2.39. The molecule has 2 aliphatic rings.